The number of carbonyl (C=O) groups excluding carboxylic acids is 1. The molecule has 4 aromatic rings. The zero-order valence-electron chi connectivity index (χ0n) is 18.6. The lowest BCUT2D eigenvalue weighted by Gasteiger charge is -2.30. The summed E-state index contributed by atoms with van der Waals surface area (Å²) in [4.78, 5) is 30.1. The molecule has 0 radical (unpaired) electrons. The number of aliphatic hydroxyl groups is 1. The van der Waals surface area contributed by atoms with Crippen molar-refractivity contribution in [1.29, 1.82) is 0 Å². The molecule has 4 heterocycles. The van der Waals surface area contributed by atoms with Crippen LogP contribution in [-0.4, -0.2) is 50.8 Å². The number of aromatic nitrogens is 4. The smallest absolute Gasteiger partial charge is 0.321 e. The van der Waals surface area contributed by atoms with Gasteiger partial charge in [0.25, 0.3) is 0 Å². The Morgan fingerprint density at radius 3 is 2.65 bits per heavy atom. The van der Waals surface area contributed by atoms with Crippen molar-refractivity contribution in [3.63, 3.8) is 0 Å². The van der Waals surface area contributed by atoms with E-state index in [0.717, 1.165) is 32.6 Å². The molecule has 0 spiro atoms. The van der Waals surface area contributed by atoms with Gasteiger partial charge in [0, 0.05) is 62.3 Å². The predicted molar refractivity (Wildman–Crippen MR) is 131 cm³/mol. The first-order valence-electron chi connectivity index (χ1n) is 11.1. The molecule has 0 aliphatic carbocycles. The Kier molecular flexibility index (Phi) is 6.18. The van der Waals surface area contributed by atoms with Crippen LogP contribution in [0.5, 0.6) is 0 Å². The number of nitrogens with zero attached hydrogens (tertiary/aromatic N) is 4. The average molecular weight is 477 g/mol. The van der Waals surface area contributed by atoms with E-state index in [0.29, 0.717) is 43.6 Å². The summed E-state index contributed by atoms with van der Waals surface area (Å²) in [5, 5.41) is 16.9. The molecular formula is C24H24N6O3S. The summed E-state index contributed by atoms with van der Waals surface area (Å²) < 4.78 is 6.28. The third-order valence-electron chi connectivity index (χ3n) is 5.71. The molecule has 1 aliphatic rings. The number of anilines is 1. The van der Waals surface area contributed by atoms with Crippen molar-refractivity contribution in [2.45, 2.75) is 25.4 Å². The topological polar surface area (TPSA) is 122 Å². The Labute approximate surface area is 200 Å². The zero-order valence-corrected chi connectivity index (χ0v) is 19.4. The summed E-state index contributed by atoms with van der Waals surface area (Å²) >= 11 is 1.40. The SMILES string of the molecule is CCNC(=O)Nc1nc2cc(-c3cnc(C4(O)CCOCC4)nc3)cc(-c3ccccn3)c2s1. The quantitative estimate of drug-likeness (QED) is 0.399. The third-order valence-corrected chi connectivity index (χ3v) is 6.73. The highest BCUT2D eigenvalue weighted by molar-refractivity contribution is 7.22. The maximum atomic E-state index is 12.0. The van der Waals surface area contributed by atoms with E-state index in [1.54, 1.807) is 18.6 Å². The number of thiazole rings is 1. The summed E-state index contributed by atoms with van der Waals surface area (Å²) in [5.41, 5.74) is 3.05. The molecule has 3 N–H and O–H groups in total. The summed E-state index contributed by atoms with van der Waals surface area (Å²) in [7, 11) is 0. The number of carbonyl (C=O) groups is 1. The lowest BCUT2D eigenvalue weighted by atomic mass is 9.93. The Morgan fingerprint density at radius 2 is 1.94 bits per heavy atom. The fraction of sp³-hybridized carbons (Fsp3) is 0.292. The van der Waals surface area contributed by atoms with Gasteiger partial charge in [0.1, 0.15) is 5.60 Å². The number of amides is 2. The number of rotatable bonds is 5. The molecule has 5 rings (SSSR count). The molecule has 0 bridgehead atoms. The zero-order chi connectivity index (χ0) is 23.5. The van der Waals surface area contributed by atoms with Gasteiger partial charge in [-0.05, 0) is 36.8 Å². The monoisotopic (exact) mass is 476 g/mol. The first kappa shape index (κ1) is 22.3. The van der Waals surface area contributed by atoms with Crippen LogP contribution in [0, 0.1) is 0 Å². The predicted octanol–water partition coefficient (Wildman–Crippen LogP) is 3.95. The van der Waals surface area contributed by atoms with Crippen LogP contribution in [0.15, 0.2) is 48.9 Å². The van der Waals surface area contributed by atoms with Gasteiger partial charge in [0.2, 0.25) is 0 Å². The normalized spacial score (nSPS) is 15.2. The van der Waals surface area contributed by atoms with Crippen LogP contribution in [0.25, 0.3) is 32.6 Å². The molecular weight excluding hydrogens is 452 g/mol. The number of benzene rings is 1. The summed E-state index contributed by atoms with van der Waals surface area (Å²) in [6.07, 6.45) is 6.14. The maximum Gasteiger partial charge on any atom is 0.321 e. The van der Waals surface area contributed by atoms with Crippen molar-refractivity contribution >= 4 is 32.7 Å². The van der Waals surface area contributed by atoms with E-state index in [2.05, 4.69) is 30.6 Å². The van der Waals surface area contributed by atoms with Crippen LogP contribution in [-0.2, 0) is 10.3 Å². The lowest BCUT2D eigenvalue weighted by Crippen LogP contribution is -2.35. The number of fused-ring (bicyclic) bond motifs is 1. The van der Waals surface area contributed by atoms with Gasteiger partial charge in [-0.3, -0.25) is 10.3 Å². The van der Waals surface area contributed by atoms with Gasteiger partial charge in [-0.2, -0.15) is 0 Å². The van der Waals surface area contributed by atoms with E-state index in [4.69, 9.17) is 4.74 Å². The first-order valence-corrected chi connectivity index (χ1v) is 11.9. The highest BCUT2D eigenvalue weighted by Gasteiger charge is 2.34. The van der Waals surface area contributed by atoms with E-state index in [9.17, 15) is 9.90 Å². The molecule has 9 nitrogen and oxygen atoms in total. The van der Waals surface area contributed by atoms with Gasteiger partial charge in [-0.1, -0.05) is 17.4 Å². The molecule has 174 valence electrons. The Hall–Kier alpha value is -3.47. The van der Waals surface area contributed by atoms with Crippen molar-refractivity contribution in [3.8, 4) is 22.4 Å². The molecule has 1 aromatic carbocycles. The van der Waals surface area contributed by atoms with Crippen molar-refractivity contribution < 1.29 is 14.6 Å². The van der Waals surface area contributed by atoms with Gasteiger partial charge in [0.05, 0.1) is 15.9 Å². The van der Waals surface area contributed by atoms with Crippen LogP contribution in [0.1, 0.15) is 25.6 Å². The van der Waals surface area contributed by atoms with E-state index >= 15 is 0 Å². The highest BCUT2D eigenvalue weighted by Crippen LogP contribution is 2.38. The van der Waals surface area contributed by atoms with Crippen LogP contribution < -0.4 is 10.6 Å². The van der Waals surface area contributed by atoms with Crippen molar-refractivity contribution in [1.82, 2.24) is 25.3 Å². The molecule has 3 aromatic heterocycles. The Balaban J connectivity index is 1.55. The minimum absolute atomic E-state index is 0.295. The molecule has 1 saturated heterocycles. The van der Waals surface area contributed by atoms with Gasteiger partial charge in [-0.25, -0.2) is 19.7 Å². The number of hydrogen-bond acceptors (Lipinski definition) is 8. The fourth-order valence-corrected chi connectivity index (χ4v) is 4.88. The van der Waals surface area contributed by atoms with Crippen LogP contribution >= 0.6 is 11.3 Å². The summed E-state index contributed by atoms with van der Waals surface area (Å²) in [6, 6.07) is 9.42. The second-order valence-electron chi connectivity index (χ2n) is 8.03. The van der Waals surface area contributed by atoms with Crippen molar-refractivity contribution in [2.24, 2.45) is 0 Å². The molecule has 34 heavy (non-hydrogen) atoms. The second-order valence-corrected chi connectivity index (χ2v) is 9.03. The minimum atomic E-state index is -1.06. The van der Waals surface area contributed by atoms with Crippen molar-refractivity contribution in [3.05, 3.63) is 54.7 Å². The van der Waals surface area contributed by atoms with Crippen LogP contribution in [0.4, 0.5) is 9.93 Å². The summed E-state index contributed by atoms with van der Waals surface area (Å²) in [6.45, 7) is 3.36. The van der Waals surface area contributed by atoms with E-state index < -0.39 is 5.60 Å². The lowest BCUT2D eigenvalue weighted by molar-refractivity contribution is -0.0733. The van der Waals surface area contributed by atoms with E-state index in [1.807, 2.05) is 37.3 Å². The van der Waals surface area contributed by atoms with E-state index in [1.165, 1.54) is 11.3 Å². The van der Waals surface area contributed by atoms with Gasteiger partial charge in [0.15, 0.2) is 11.0 Å². The standard InChI is InChI=1S/C24H24N6O3S/c1-2-25-22(31)30-23-29-19-12-15(11-17(20(19)34-23)18-5-3-4-8-26-18)16-13-27-21(28-14-16)24(32)6-9-33-10-7-24/h3-5,8,11-14,32H,2,6-7,9-10H2,1H3,(H2,25,29,30,31). The van der Waals surface area contributed by atoms with Gasteiger partial charge < -0.3 is 15.2 Å². The van der Waals surface area contributed by atoms with Crippen molar-refractivity contribution in [2.75, 3.05) is 25.1 Å². The Bertz CT molecular complexity index is 1300. The molecule has 0 atom stereocenters. The van der Waals surface area contributed by atoms with Gasteiger partial charge in [-0.15, -0.1) is 0 Å². The number of hydrogen-bond donors (Lipinski definition) is 3. The van der Waals surface area contributed by atoms with E-state index in [-0.39, 0.29) is 6.03 Å². The van der Waals surface area contributed by atoms with Gasteiger partial charge >= 0.3 is 6.03 Å². The largest absolute Gasteiger partial charge is 0.382 e. The first-order chi connectivity index (χ1) is 16.6. The molecule has 1 aliphatic heterocycles. The summed E-state index contributed by atoms with van der Waals surface area (Å²) in [5.74, 6) is 0.410. The number of nitrogens with one attached hydrogen (secondary N) is 2. The minimum Gasteiger partial charge on any atom is -0.382 e. The number of ether oxygens (including phenoxy) is 1. The molecule has 2 amide bonds. The van der Waals surface area contributed by atoms with Crippen LogP contribution in [0.3, 0.4) is 0 Å². The average Bonchev–Trinajstić information content (AvgIpc) is 3.27. The molecule has 1 fully saturated rings. The fourth-order valence-electron chi connectivity index (χ4n) is 3.92. The number of pyridine rings is 1. The Morgan fingerprint density at radius 1 is 1.15 bits per heavy atom. The number of urea groups is 1. The highest BCUT2D eigenvalue weighted by atomic mass is 32.1. The molecule has 10 heteroatoms. The second kappa shape index (κ2) is 9.41. The van der Waals surface area contributed by atoms with Crippen LogP contribution in [0.2, 0.25) is 0 Å². The molecule has 0 saturated carbocycles. The molecule has 0 unspecified atom stereocenters. The third kappa shape index (κ3) is 4.47. The maximum absolute atomic E-state index is 12.0.